The number of amides is 1. The molecule has 0 aliphatic carbocycles. The topological polar surface area (TPSA) is 130 Å². The predicted molar refractivity (Wildman–Crippen MR) is 140 cm³/mol. The third kappa shape index (κ3) is 4.56. The van der Waals surface area contributed by atoms with Crippen molar-refractivity contribution in [2.45, 2.75) is 59.9 Å². The van der Waals surface area contributed by atoms with Crippen molar-refractivity contribution in [2.75, 3.05) is 35.2 Å². The molecule has 0 bridgehead atoms. The van der Waals surface area contributed by atoms with Gasteiger partial charge in [0.05, 0.1) is 5.39 Å². The average Bonchev–Trinajstić information content (AvgIpc) is 3.14. The van der Waals surface area contributed by atoms with Crippen molar-refractivity contribution in [1.29, 1.82) is 0 Å². The summed E-state index contributed by atoms with van der Waals surface area (Å²) in [5, 5.41) is 1.09. The number of piperidine rings is 1. The van der Waals surface area contributed by atoms with Crippen molar-refractivity contribution in [3.63, 3.8) is 0 Å². The van der Waals surface area contributed by atoms with Gasteiger partial charge in [-0.05, 0) is 45.6 Å². The number of H-pyrrole nitrogens is 1. The van der Waals surface area contributed by atoms with Crippen LogP contribution in [0, 0.1) is 19.8 Å². The Labute approximate surface area is 207 Å². The first-order chi connectivity index (χ1) is 16.8. The van der Waals surface area contributed by atoms with E-state index in [1.54, 1.807) is 17.7 Å². The summed E-state index contributed by atoms with van der Waals surface area (Å²) in [7, 11) is 0. The van der Waals surface area contributed by atoms with Gasteiger partial charge >= 0.3 is 5.69 Å². The number of aromatic nitrogens is 4. The summed E-state index contributed by atoms with van der Waals surface area (Å²) in [6.45, 7) is 10.0. The van der Waals surface area contributed by atoms with Gasteiger partial charge in [-0.1, -0.05) is 13.3 Å². The molecule has 0 atom stereocenters. The molecule has 4 heterocycles. The Morgan fingerprint density at radius 2 is 1.94 bits per heavy atom. The largest absolute Gasteiger partial charge is 0.383 e. The summed E-state index contributed by atoms with van der Waals surface area (Å²) in [5.74, 6) is 0.578. The zero-order valence-corrected chi connectivity index (χ0v) is 21.6. The number of hydrogen-bond donors (Lipinski definition) is 2. The van der Waals surface area contributed by atoms with Crippen LogP contribution in [0.15, 0.2) is 15.9 Å². The smallest absolute Gasteiger partial charge is 0.330 e. The van der Waals surface area contributed by atoms with Crippen LogP contribution < -0.4 is 26.8 Å². The average molecular weight is 500 g/mol. The van der Waals surface area contributed by atoms with E-state index in [1.807, 2.05) is 13.8 Å². The number of thiophene rings is 1. The fraction of sp³-hybridized carbons (Fsp3) is 0.542. The summed E-state index contributed by atoms with van der Waals surface area (Å²) in [5.41, 5.74) is 6.36. The van der Waals surface area contributed by atoms with Crippen LogP contribution in [0.1, 0.15) is 50.0 Å². The lowest BCUT2D eigenvalue weighted by Crippen LogP contribution is -2.46. The van der Waals surface area contributed by atoms with Gasteiger partial charge in [0.15, 0.2) is 5.69 Å². The molecule has 3 N–H and O–H groups in total. The minimum absolute atomic E-state index is 0.0477. The molecule has 10 nitrogen and oxygen atoms in total. The second-order valence-electron chi connectivity index (χ2n) is 9.00. The Bertz CT molecular complexity index is 1350. The van der Waals surface area contributed by atoms with Crippen LogP contribution in [-0.4, -0.2) is 45.1 Å². The van der Waals surface area contributed by atoms with Crippen molar-refractivity contribution >= 4 is 44.8 Å². The Balaban J connectivity index is 1.56. The van der Waals surface area contributed by atoms with E-state index in [9.17, 15) is 14.4 Å². The zero-order valence-electron chi connectivity index (χ0n) is 20.8. The highest BCUT2D eigenvalue weighted by atomic mass is 32.1. The number of aryl methyl sites for hydroxylation is 2. The molecule has 0 unspecified atom stereocenters. The van der Waals surface area contributed by atoms with E-state index in [1.165, 1.54) is 19.9 Å². The molecule has 3 aromatic rings. The molecular weight excluding hydrogens is 466 g/mol. The van der Waals surface area contributed by atoms with E-state index in [0.29, 0.717) is 32.5 Å². The summed E-state index contributed by atoms with van der Waals surface area (Å²) < 4.78 is 1.35. The number of rotatable bonds is 7. The fourth-order valence-corrected chi connectivity index (χ4v) is 5.75. The first-order valence-corrected chi connectivity index (χ1v) is 13.0. The molecule has 4 rings (SSSR count). The Morgan fingerprint density at radius 1 is 1.23 bits per heavy atom. The maximum atomic E-state index is 13.5. The second-order valence-corrected chi connectivity index (χ2v) is 10.2. The number of fused-ring (bicyclic) bond motifs is 1. The minimum Gasteiger partial charge on any atom is -0.383 e. The maximum absolute atomic E-state index is 13.5. The number of nitrogens with one attached hydrogen (secondary N) is 1. The van der Waals surface area contributed by atoms with Crippen LogP contribution in [0.5, 0.6) is 0 Å². The van der Waals surface area contributed by atoms with E-state index in [0.717, 1.165) is 28.9 Å². The van der Waals surface area contributed by atoms with Gasteiger partial charge < -0.3 is 15.5 Å². The number of carbonyl (C=O) groups is 1. The predicted octanol–water partition coefficient (Wildman–Crippen LogP) is 2.81. The number of nitrogens with two attached hydrogens (primary N) is 1. The lowest BCUT2D eigenvalue weighted by Gasteiger charge is -2.35. The molecule has 0 aromatic carbocycles. The van der Waals surface area contributed by atoms with Crippen LogP contribution in [0.4, 0.5) is 17.3 Å². The second kappa shape index (κ2) is 10.2. The molecule has 1 aliphatic heterocycles. The molecule has 188 valence electrons. The summed E-state index contributed by atoms with van der Waals surface area (Å²) >= 11 is 1.67. The van der Waals surface area contributed by atoms with Crippen LogP contribution in [-0.2, 0) is 11.3 Å². The van der Waals surface area contributed by atoms with Crippen LogP contribution >= 0.6 is 11.3 Å². The van der Waals surface area contributed by atoms with Gasteiger partial charge in [-0.2, -0.15) is 0 Å². The van der Waals surface area contributed by atoms with Gasteiger partial charge in [0, 0.05) is 37.0 Å². The van der Waals surface area contributed by atoms with Crippen molar-refractivity contribution in [2.24, 2.45) is 5.92 Å². The lowest BCUT2D eigenvalue weighted by atomic mass is 9.94. The Morgan fingerprint density at radius 3 is 2.60 bits per heavy atom. The van der Waals surface area contributed by atoms with Crippen LogP contribution in [0.3, 0.4) is 0 Å². The van der Waals surface area contributed by atoms with Gasteiger partial charge in [0.1, 0.15) is 22.8 Å². The highest BCUT2D eigenvalue weighted by Crippen LogP contribution is 2.36. The van der Waals surface area contributed by atoms with E-state index in [-0.39, 0.29) is 29.9 Å². The number of unbranched alkanes of at least 4 members (excludes halogenated alkanes) is 1. The van der Waals surface area contributed by atoms with E-state index < -0.39 is 11.2 Å². The lowest BCUT2D eigenvalue weighted by molar-refractivity contribution is -0.122. The first kappa shape index (κ1) is 24.9. The Hall–Kier alpha value is -3.21. The summed E-state index contributed by atoms with van der Waals surface area (Å²) in [6.07, 6.45) is 4.49. The molecule has 3 aromatic heterocycles. The van der Waals surface area contributed by atoms with Crippen LogP contribution in [0.25, 0.3) is 10.2 Å². The number of nitrogen functional groups attached to an aromatic ring is 1. The van der Waals surface area contributed by atoms with Crippen molar-refractivity contribution in [3.8, 4) is 0 Å². The summed E-state index contributed by atoms with van der Waals surface area (Å²) in [6, 6.07) is 0. The van der Waals surface area contributed by atoms with Gasteiger partial charge in [-0.3, -0.25) is 19.1 Å². The summed E-state index contributed by atoms with van der Waals surface area (Å²) in [4.78, 5) is 55.8. The molecule has 35 heavy (non-hydrogen) atoms. The highest BCUT2D eigenvalue weighted by Gasteiger charge is 2.32. The first-order valence-electron chi connectivity index (χ1n) is 12.2. The van der Waals surface area contributed by atoms with Crippen molar-refractivity contribution in [1.82, 2.24) is 19.5 Å². The zero-order chi connectivity index (χ0) is 25.3. The third-order valence-electron chi connectivity index (χ3n) is 6.89. The van der Waals surface area contributed by atoms with E-state index >= 15 is 0 Å². The fourth-order valence-electron chi connectivity index (χ4n) is 4.76. The third-order valence-corrected chi connectivity index (χ3v) is 8.01. The number of aromatic amines is 1. The quantitative estimate of drug-likeness (QED) is 0.511. The highest BCUT2D eigenvalue weighted by molar-refractivity contribution is 7.18. The van der Waals surface area contributed by atoms with Crippen molar-refractivity contribution in [3.05, 3.63) is 37.6 Å². The number of carbonyl (C=O) groups excluding carboxylic acids is 1. The van der Waals surface area contributed by atoms with Gasteiger partial charge in [0.2, 0.25) is 5.91 Å². The number of hydrogen-bond acceptors (Lipinski definition) is 8. The van der Waals surface area contributed by atoms with Crippen molar-refractivity contribution < 1.29 is 4.79 Å². The number of nitrogens with zero attached hydrogens (tertiary/aromatic N) is 5. The molecule has 0 radical (unpaired) electrons. The van der Waals surface area contributed by atoms with E-state index in [4.69, 9.17) is 5.73 Å². The molecule has 1 amide bonds. The molecule has 11 heteroatoms. The molecular formula is C24H33N7O3S. The van der Waals surface area contributed by atoms with Gasteiger partial charge in [-0.15, -0.1) is 11.3 Å². The van der Waals surface area contributed by atoms with E-state index in [2.05, 4.69) is 33.7 Å². The standard InChI is InChI=1S/C24H33N7O3S/c1-5-7-10-31-19(25)18(21(32)28-24(31)34)30(6-2)23(33)16-8-11-29(12-9-16)20-17-14(3)15(4)35-22(17)27-13-26-20/h13,16H,5-12,25H2,1-4H3,(H,28,32,34). The maximum Gasteiger partial charge on any atom is 0.330 e. The van der Waals surface area contributed by atoms with Gasteiger partial charge in [0.25, 0.3) is 5.56 Å². The van der Waals surface area contributed by atoms with Gasteiger partial charge in [-0.25, -0.2) is 14.8 Å². The van der Waals surface area contributed by atoms with Crippen LogP contribution in [0.2, 0.25) is 0 Å². The SMILES string of the molecule is CCCCn1c(N)c(N(CC)C(=O)C2CCN(c3ncnc4sc(C)c(C)c34)CC2)c(=O)[nH]c1=O. The number of anilines is 3. The monoisotopic (exact) mass is 499 g/mol. The molecule has 1 saturated heterocycles. The Kier molecular flexibility index (Phi) is 7.25. The normalized spacial score (nSPS) is 14.6. The molecule has 1 aliphatic rings. The minimum atomic E-state index is -0.625. The molecule has 1 fully saturated rings. The molecule has 0 saturated carbocycles. The molecule has 0 spiro atoms.